The largest absolute Gasteiger partial charge is 0.490 e. The van der Waals surface area contributed by atoms with Crippen LogP contribution in [0.25, 0.3) is 5.70 Å². The van der Waals surface area contributed by atoms with Crippen molar-refractivity contribution in [3.63, 3.8) is 0 Å². The van der Waals surface area contributed by atoms with E-state index < -0.39 is 11.9 Å². The Morgan fingerprint density at radius 1 is 1.05 bits per heavy atom. The van der Waals surface area contributed by atoms with Crippen LogP contribution < -0.4 is 14.8 Å². The third kappa shape index (κ3) is 4.57. The lowest BCUT2D eigenvalue weighted by atomic mass is 9.79. The van der Waals surface area contributed by atoms with Gasteiger partial charge in [0.05, 0.1) is 28.6 Å². The number of halogens is 2. The third-order valence-electron chi connectivity index (χ3n) is 6.59. The number of rotatable bonds is 7. The van der Waals surface area contributed by atoms with Gasteiger partial charge in [-0.2, -0.15) is 0 Å². The number of dihydropyridines is 1. The molecule has 0 bridgehead atoms. The Kier molecular flexibility index (Phi) is 7.25. The van der Waals surface area contributed by atoms with Crippen LogP contribution in [0, 0.1) is 9.39 Å². The first-order valence-electron chi connectivity index (χ1n) is 12.1. The predicted molar refractivity (Wildman–Crippen MR) is 149 cm³/mol. The van der Waals surface area contributed by atoms with Crippen LogP contribution in [-0.2, 0) is 16.1 Å². The summed E-state index contributed by atoms with van der Waals surface area (Å²) in [5.74, 6) is -0.697. The lowest BCUT2D eigenvalue weighted by Gasteiger charge is -2.29. The van der Waals surface area contributed by atoms with Crippen molar-refractivity contribution >= 4 is 40.0 Å². The molecule has 6 nitrogen and oxygen atoms in total. The fourth-order valence-corrected chi connectivity index (χ4v) is 5.76. The molecule has 3 aromatic rings. The minimum atomic E-state index is -0.677. The highest BCUT2D eigenvalue weighted by Crippen LogP contribution is 2.48. The predicted octanol–water partition coefficient (Wildman–Crippen LogP) is 6.15. The smallest absolute Gasteiger partial charge is 0.336 e. The molecule has 0 unspecified atom stereocenters. The van der Waals surface area contributed by atoms with Crippen molar-refractivity contribution in [1.29, 1.82) is 0 Å². The van der Waals surface area contributed by atoms with Crippen molar-refractivity contribution in [2.75, 3.05) is 13.7 Å². The van der Waals surface area contributed by atoms with Crippen molar-refractivity contribution in [2.24, 2.45) is 0 Å². The number of nitrogens with one attached hydrogen (secondary N) is 1. The van der Waals surface area contributed by atoms with Crippen LogP contribution in [0.5, 0.6) is 11.5 Å². The van der Waals surface area contributed by atoms with Gasteiger partial charge in [-0.15, -0.1) is 0 Å². The Labute approximate surface area is 233 Å². The normalized spacial score (nSPS) is 16.1. The zero-order valence-corrected chi connectivity index (χ0v) is 23.2. The maximum absolute atomic E-state index is 13.7. The minimum absolute atomic E-state index is 0.138. The average molecular weight is 625 g/mol. The van der Waals surface area contributed by atoms with E-state index in [0.717, 1.165) is 9.13 Å². The number of ether oxygens (including phenoxy) is 3. The van der Waals surface area contributed by atoms with Gasteiger partial charge in [-0.25, -0.2) is 9.18 Å². The number of carbonyl (C=O) groups excluding carboxylic acids is 2. The van der Waals surface area contributed by atoms with Gasteiger partial charge in [0.15, 0.2) is 17.3 Å². The fourth-order valence-electron chi connectivity index (χ4n) is 4.98. The highest BCUT2D eigenvalue weighted by atomic mass is 127. The van der Waals surface area contributed by atoms with Gasteiger partial charge in [0.2, 0.25) is 0 Å². The second kappa shape index (κ2) is 10.6. The van der Waals surface area contributed by atoms with Gasteiger partial charge in [0, 0.05) is 28.3 Å². The fraction of sp³-hybridized carbons (Fsp3) is 0.200. The summed E-state index contributed by atoms with van der Waals surface area (Å²) in [6.07, 6.45) is 0. The number of hydrogen-bond acceptors (Lipinski definition) is 6. The van der Waals surface area contributed by atoms with Crippen LogP contribution >= 0.6 is 22.6 Å². The van der Waals surface area contributed by atoms with Crippen LogP contribution in [-0.4, -0.2) is 25.5 Å². The topological polar surface area (TPSA) is 73.9 Å². The molecule has 1 atom stereocenters. The summed E-state index contributed by atoms with van der Waals surface area (Å²) in [5.41, 5.74) is 4.93. The Hall–Kier alpha value is -3.66. The molecule has 0 fully saturated rings. The van der Waals surface area contributed by atoms with Crippen molar-refractivity contribution in [1.82, 2.24) is 5.32 Å². The molecule has 1 heterocycles. The number of Topliss-reactive ketones (excluding diaryl/α,β-unsaturated/α-hetero) is 1. The van der Waals surface area contributed by atoms with E-state index in [1.165, 1.54) is 19.2 Å². The van der Waals surface area contributed by atoms with E-state index in [1.807, 2.05) is 31.2 Å². The SMILES string of the molecule is CCOc1cc([C@H]2C(C(=O)OC)=C(C)NC3=C2C(=O)c2ccccc23)cc(I)c1OCc1cccc(F)c1. The molecular weight excluding hydrogens is 600 g/mol. The van der Waals surface area contributed by atoms with Gasteiger partial charge in [0.25, 0.3) is 0 Å². The molecule has 0 spiro atoms. The van der Waals surface area contributed by atoms with Crippen molar-refractivity contribution in [2.45, 2.75) is 26.4 Å². The van der Waals surface area contributed by atoms with E-state index in [0.29, 0.717) is 57.3 Å². The zero-order valence-electron chi connectivity index (χ0n) is 21.1. The molecule has 194 valence electrons. The first-order chi connectivity index (χ1) is 18.3. The molecule has 1 N–H and O–H groups in total. The van der Waals surface area contributed by atoms with Gasteiger partial charge in [-0.1, -0.05) is 36.4 Å². The van der Waals surface area contributed by atoms with Crippen molar-refractivity contribution in [3.8, 4) is 11.5 Å². The first-order valence-corrected chi connectivity index (χ1v) is 13.2. The number of esters is 1. The van der Waals surface area contributed by atoms with E-state index in [-0.39, 0.29) is 18.2 Å². The number of fused-ring (bicyclic) bond motifs is 2. The number of benzene rings is 3. The lowest BCUT2D eigenvalue weighted by molar-refractivity contribution is -0.136. The Morgan fingerprint density at radius 2 is 1.82 bits per heavy atom. The third-order valence-corrected chi connectivity index (χ3v) is 7.39. The molecule has 2 aliphatic rings. The molecule has 0 aromatic heterocycles. The Bertz CT molecular complexity index is 1530. The molecule has 1 aliphatic heterocycles. The second-order valence-corrected chi connectivity index (χ2v) is 10.1. The standard InChI is InChI=1S/C30H25FINO5/c1-4-37-23-14-18(13-22(32)29(23)38-15-17-8-7-9-19(31)12-17)25-24(30(35)36-3)16(2)33-27-20-10-5-6-11-21(20)28(34)26(25)27/h5-14,25,33H,4,15H2,1-3H3/t25-/m0/s1. The monoisotopic (exact) mass is 625 g/mol. The maximum Gasteiger partial charge on any atom is 0.336 e. The Balaban J connectivity index is 1.62. The van der Waals surface area contributed by atoms with E-state index in [2.05, 4.69) is 27.9 Å². The molecule has 0 saturated carbocycles. The summed E-state index contributed by atoms with van der Waals surface area (Å²) < 4.78 is 31.6. The molecule has 1 aliphatic carbocycles. The van der Waals surface area contributed by atoms with Gasteiger partial charge >= 0.3 is 5.97 Å². The zero-order chi connectivity index (χ0) is 27.0. The first kappa shape index (κ1) is 26.0. The highest BCUT2D eigenvalue weighted by molar-refractivity contribution is 14.1. The van der Waals surface area contributed by atoms with E-state index in [9.17, 15) is 14.0 Å². The summed E-state index contributed by atoms with van der Waals surface area (Å²) in [7, 11) is 1.33. The molecule has 3 aromatic carbocycles. The molecule has 5 rings (SSSR count). The Morgan fingerprint density at radius 3 is 2.53 bits per heavy atom. The molecule has 38 heavy (non-hydrogen) atoms. The van der Waals surface area contributed by atoms with Crippen LogP contribution in [0.4, 0.5) is 4.39 Å². The van der Waals surface area contributed by atoms with Gasteiger partial charge < -0.3 is 19.5 Å². The lowest BCUT2D eigenvalue weighted by Crippen LogP contribution is -2.29. The van der Waals surface area contributed by atoms with Crippen molar-refractivity contribution < 1.29 is 28.2 Å². The highest BCUT2D eigenvalue weighted by Gasteiger charge is 2.43. The molecule has 0 saturated heterocycles. The molecular formula is C30H25FINO5. The number of ketones is 1. The molecule has 8 heteroatoms. The van der Waals surface area contributed by atoms with Crippen LogP contribution in [0.3, 0.4) is 0 Å². The number of hydrogen-bond donors (Lipinski definition) is 1. The number of carbonyl (C=O) groups is 2. The van der Waals surface area contributed by atoms with E-state index in [4.69, 9.17) is 14.2 Å². The maximum atomic E-state index is 13.7. The second-order valence-electron chi connectivity index (χ2n) is 8.93. The summed E-state index contributed by atoms with van der Waals surface area (Å²) in [6, 6.07) is 17.3. The van der Waals surface area contributed by atoms with Crippen LogP contribution in [0.15, 0.2) is 77.5 Å². The quantitative estimate of drug-likeness (QED) is 0.251. The summed E-state index contributed by atoms with van der Waals surface area (Å²) >= 11 is 2.15. The van der Waals surface area contributed by atoms with Gasteiger partial charge in [-0.05, 0) is 71.8 Å². The van der Waals surface area contributed by atoms with E-state index in [1.54, 1.807) is 31.2 Å². The van der Waals surface area contributed by atoms with Crippen molar-refractivity contribution in [3.05, 3.63) is 109 Å². The minimum Gasteiger partial charge on any atom is -0.490 e. The van der Waals surface area contributed by atoms with E-state index >= 15 is 0 Å². The van der Waals surface area contributed by atoms with Gasteiger partial charge in [-0.3, -0.25) is 4.79 Å². The van der Waals surface area contributed by atoms with Crippen LogP contribution in [0.2, 0.25) is 0 Å². The molecule has 0 radical (unpaired) electrons. The number of methoxy groups -OCH3 is 1. The van der Waals surface area contributed by atoms with Gasteiger partial charge in [0.1, 0.15) is 12.4 Å². The summed E-state index contributed by atoms with van der Waals surface area (Å²) in [4.78, 5) is 26.7. The summed E-state index contributed by atoms with van der Waals surface area (Å²) in [6.45, 7) is 4.19. The number of allylic oxidation sites excluding steroid dienone is 2. The average Bonchev–Trinajstić information content (AvgIpc) is 3.18. The van der Waals surface area contributed by atoms with Crippen LogP contribution in [0.1, 0.15) is 46.8 Å². The summed E-state index contributed by atoms with van der Waals surface area (Å²) in [5, 5.41) is 3.29. The molecule has 0 amide bonds.